The van der Waals surface area contributed by atoms with Gasteiger partial charge in [0.2, 0.25) is 0 Å². The Labute approximate surface area is 136 Å². The zero-order valence-corrected chi connectivity index (χ0v) is 13.1. The summed E-state index contributed by atoms with van der Waals surface area (Å²) in [6, 6.07) is 8.50. The first kappa shape index (κ1) is 17.6. The number of ether oxygens (including phenoxy) is 1. The maximum absolute atomic E-state index is 12.4. The normalized spacial score (nSPS) is 11.3. The van der Waals surface area contributed by atoms with Gasteiger partial charge in [-0.3, -0.25) is 14.8 Å². The quantitative estimate of drug-likeness (QED) is 0.631. The molecule has 0 saturated carbocycles. The number of benzene rings is 2. The molecule has 0 saturated heterocycles. The van der Waals surface area contributed by atoms with Gasteiger partial charge in [-0.2, -0.15) is 8.78 Å². The molecule has 2 aromatic rings. The number of para-hydroxylation sites is 1. The number of rotatable bonds is 6. The van der Waals surface area contributed by atoms with Crippen LogP contribution in [-0.2, 0) is 10.0 Å². The number of sulfonamides is 1. The molecule has 0 unspecified atom stereocenters. The highest BCUT2D eigenvalue weighted by Gasteiger charge is 2.25. The second kappa shape index (κ2) is 6.79. The fourth-order valence-corrected chi connectivity index (χ4v) is 3.27. The third kappa shape index (κ3) is 3.96. The zero-order chi connectivity index (χ0) is 17.9. The molecule has 0 aliphatic carbocycles. The topological polar surface area (TPSA) is 98.5 Å². The van der Waals surface area contributed by atoms with Crippen LogP contribution in [0.25, 0.3) is 0 Å². The van der Waals surface area contributed by atoms with Crippen LogP contribution < -0.4 is 9.46 Å². The summed E-state index contributed by atoms with van der Waals surface area (Å²) in [5.74, 6) is -0.129. The Kier molecular flexibility index (Phi) is 4.98. The third-order valence-electron chi connectivity index (χ3n) is 3.02. The van der Waals surface area contributed by atoms with Gasteiger partial charge in [-0.25, -0.2) is 8.42 Å². The highest BCUT2D eigenvalue weighted by Crippen LogP contribution is 2.28. The average molecular weight is 358 g/mol. The van der Waals surface area contributed by atoms with Crippen molar-refractivity contribution in [3.05, 3.63) is 58.1 Å². The molecule has 0 aromatic heterocycles. The predicted octanol–water partition coefficient (Wildman–Crippen LogP) is 3.31. The molecule has 24 heavy (non-hydrogen) atoms. The Morgan fingerprint density at radius 3 is 2.46 bits per heavy atom. The van der Waals surface area contributed by atoms with Crippen LogP contribution in [0, 0.1) is 17.0 Å². The smallest absolute Gasteiger partial charge is 0.387 e. The molecule has 0 spiro atoms. The summed E-state index contributed by atoms with van der Waals surface area (Å²) < 4.78 is 55.5. The van der Waals surface area contributed by atoms with Crippen molar-refractivity contribution in [3.63, 3.8) is 0 Å². The molecule has 1 N–H and O–H groups in total. The summed E-state index contributed by atoms with van der Waals surface area (Å²) in [6.07, 6.45) is 0. The lowest BCUT2D eigenvalue weighted by molar-refractivity contribution is -0.387. The fraction of sp³-hybridized carbons (Fsp3) is 0.143. The van der Waals surface area contributed by atoms with E-state index in [1.54, 1.807) is 0 Å². The molecule has 0 amide bonds. The van der Waals surface area contributed by atoms with E-state index < -0.39 is 32.1 Å². The van der Waals surface area contributed by atoms with Crippen molar-refractivity contribution in [1.82, 2.24) is 0 Å². The summed E-state index contributed by atoms with van der Waals surface area (Å²) >= 11 is 0. The Morgan fingerprint density at radius 1 is 1.21 bits per heavy atom. The number of aryl methyl sites for hydroxylation is 1. The number of hydrogen-bond acceptors (Lipinski definition) is 5. The largest absolute Gasteiger partial charge is 0.435 e. The lowest BCUT2D eigenvalue weighted by Gasteiger charge is -2.12. The predicted molar refractivity (Wildman–Crippen MR) is 81.7 cm³/mol. The van der Waals surface area contributed by atoms with Crippen molar-refractivity contribution in [2.24, 2.45) is 0 Å². The van der Waals surface area contributed by atoms with Crippen LogP contribution in [0.1, 0.15) is 5.56 Å². The van der Waals surface area contributed by atoms with E-state index in [4.69, 9.17) is 0 Å². The van der Waals surface area contributed by atoms with Crippen LogP contribution >= 0.6 is 0 Å². The summed E-state index contributed by atoms with van der Waals surface area (Å²) in [4.78, 5) is 9.66. The number of alkyl halides is 2. The maximum Gasteiger partial charge on any atom is 0.387 e. The van der Waals surface area contributed by atoms with Gasteiger partial charge >= 0.3 is 6.61 Å². The van der Waals surface area contributed by atoms with Gasteiger partial charge in [0.05, 0.1) is 10.6 Å². The molecule has 0 aliphatic rings. The van der Waals surface area contributed by atoms with E-state index in [1.165, 1.54) is 31.2 Å². The molecule has 7 nitrogen and oxygen atoms in total. The molecule has 0 atom stereocenters. The fourth-order valence-electron chi connectivity index (χ4n) is 1.96. The van der Waals surface area contributed by atoms with Gasteiger partial charge in [0.15, 0.2) is 4.90 Å². The van der Waals surface area contributed by atoms with E-state index in [2.05, 4.69) is 9.46 Å². The summed E-state index contributed by atoms with van der Waals surface area (Å²) in [6.45, 7) is -1.52. The molecule has 128 valence electrons. The van der Waals surface area contributed by atoms with Crippen molar-refractivity contribution in [3.8, 4) is 5.75 Å². The van der Waals surface area contributed by atoms with Gasteiger partial charge in [-0.1, -0.05) is 12.1 Å². The van der Waals surface area contributed by atoms with E-state index in [1.807, 2.05) is 0 Å². The molecule has 2 rings (SSSR count). The first-order chi connectivity index (χ1) is 11.2. The van der Waals surface area contributed by atoms with Crippen LogP contribution in [0.15, 0.2) is 47.4 Å². The zero-order valence-electron chi connectivity index (χ0n) is 12.3. The molecule has 0 fully saturated rings. The van der Waals surface area contributed by atoms with E-state index in [-0.39, 0.29) is 11.4 Å². The molecular weight excluding hydrogens is 346 g/mol. The number of halogens is 2. The molecule has 0 bridgehead atoms. The van der Waals surface area contributed by atoms with Gasteiger partial charge in [0, 0.05) is 6.07 Å². The van der Waals surface area contributed by atoms with Gasteiger partial charge in [-0.05, 0) is 36.8 Å². The number of hydrogen-bond donors (Lipinski definition) is 1. The van der Waals surface area contributed by atoms with Crippen molar-refractivity contribution in [2.75, 3.05) is 4.72 Å². The second-order valence-electron chi connectivity index (χ2n) is 4.69. The molecule has 0 radical (unpaired) electrons. The number of nitro groups is 1. The van der Waals surface area contributed by atoms with Gasteiger partial charge < -0.3 is 4.74 Å². The molecule has 10 heteroatoms. The van der Waals surface area contributed by atoms with E-state index in [0.717, 1.165) is 18.2 Å². The van der Waals surface area contributed by atoms with Crippen molar-refractivity contribution >= 4 is 21.4 Å². The standard InChI is InChI=1S/C14H12F2N2O5S/c1-9-8-10(23-14(15)16)6-7-11(9)17-24(21,22)13-5-3-2-4-12(13)18(19)20/h2-8,14,17H,1H3. The number of nitro benzene ring substituents is 1. The molecule has 0 heterocycles. The lowest BCUT2D eigenvalue weighted by Crippen LogP contribution is -2.15. The molecule has 2 aromatic carbocycles. The Balaban J connectivity index is 2.35. The van der Waals surface area contributed by atoms with Gasteiger partial charge in [-0.15, -0.1) is 0 Å². The highest BCUT2D eigenvalue weighted by atomic mass is 32.2. The Hall–Kier alpha value is -2.75. The Morgan fingerprint density at radius 2 is 1.88 bits per heavy atom. The van der Waals surface area contributed by atoms with Crippen LogP contribution in [0.5, 0.6) is 5.75 Å². The van der Waals surface area contributed by atoms with Crippen LogP contribution in [0.3, 0.4) is 0 Å². The average Bonchev–Trinajstić information content (AvgIpc) is 2.49. The number of nitrogens with one attached hydrogen (secondary N) is 1. The summed E-state index contributed by atoms with van der Waals surface area (Å²) in [7, 11) is -4.23. The van der Waals surface area contributed by atoms with Crippen LogP contribution in [-0.4, -0.2) is 20.0 Å². The third-order valence-corrected chi connectivity index (χ3v) is 4.43. The summed E-state index contributed by atoms with van der Waals surface area (Å²) in [5, 5.41) is 11.0. The monoisotopic (exact) mass is 358 g/mol. The Bertz CT molecular complexity index is 871. The molecular formula is C14H12F2N2O5S. The second-order valence-corrected chi connectivity index (χ2v) is 6.34. The van der Waals surface area contributed by atoms with Gasteiger partial charge in [0.1, 0.15) is 5.75 Å². The van der Waals surface area contributed by atoms with E-state index in [9.17, 15) is 27.3 Å². The number of anilines is 1. The van der Waals surface area contributed by atoms with Gasteiger partial charge in [0.25, 0.3) is 15.7 Å². The lowest BCUT2D eigenvalue weighted by atomic mass is 10.2. The highest BCUT2D eigenvalue weighted by molar-refractivity contribution is 7.92. The molecule has 0 aliphatic heterocycles. The minimum absolute atomic E-state index is 0.0924. The van der Waals surface area contributed by atoms with Crippen molar-refractivity contribution in [2.45, 2.75) is 18.4 Å². The number of nitrogens with zero attached hydrogens (tertiary/aromatic N) is 1. The SMILES string of the molecule is Cc1cc(OC(F)F)ccc1NS(=O)(=O)c1ccccc1[N+](=O)[O-]. The minimum atomic E-state index is -4.23. The van der Waals surface area contributed by atoms with Crippen molar-refractivity contribution < 1.29 is 26.9 Å². The van der Waals surface area contributed by atoms with Crippen LogP contribution in [0.2, 0.25) is 0 Å². The van der Waals surface area contributed by atoms with Crippen molar-refractivity contribution in [1.29, 1.82) is 0 Å². The van der Waals surface area contributed by atoms with E-state index >= 15 is 0 Å². The minimum Gasteiger partial charge on any atom is -0.435 e. The van der Waals surface area contributed by atoms with Crippen LogP contribution in [0.4, 0.5) is 20.2 Å². The summed E-state index contributed by atoms with van der Waals surface area (Å²) in [5.41, 5.74) is -0.162. The maximum atomic E-state index is 12.4. The van der Waals surface area contributed by atoms with E-state index in [0.29, 0.717) is 5.56 Å². The first-order valence-electron chi connectivity index (χ1n) is 6.52. The first-order valence-corrected chi connectivity index (χ1v) is 8.01.